The molecule has 0 unspecified atom stereocenters. The van der Waals surface area contributed by atoms with Crippen LogP contribution in [0.25, 0.3) is 0 Å². The summed E-state index contributed by atoms with van der Waals surface area (Å²) in [5.74, 6) is -1.04. The molecule has 0 aliphatic rings. The number of carbonyl (C=O) groups is 2. The molecule has 23 heavy (non-hydrogen) atoms. The molecule has 7 nitrogen and oxygen atoms in total. The van der Waals surface area contributed by atoms with Crippen LogP contribution < -0.4 is 4.67 Å². The second-order valence-electron chi connectivity index (χ2n) is 4.41. The summed E-state index contributed by atoms with van der Waals surface area (Å²) in [4.78, 5) is 23.9. The van der Waals surface area contributed by atoms with E-state index in [2.05, 4.69) is 0 Å². The van der Waals surface area contributed by atoms with Gasteiger partial charge in [-0.2, -0.15) is 0 Å². The highest BCUT2D eigenvalue weighted by Crippen LogP contribution is 2.54. The van der Waals surface area contributed by atoms with Crippen LogP contribution in [0.4, 0.5) is 5.69 Å². The highest BCUT2D eigenvalue weighted by atomic mass is 31.2. The van der Waals surface area contributed by atoms with Crippen molar-refractivity contribution in [2.75, 3.05) is 24.5 Å². The smallest absolute Gasteiger partial charge is 0.442 e. The molecule has 128 valence electrons. The number of anilines is 1. The van der Waals surface area contributed by atoms with Crippen molar-refractivity contribution in [3.63, 3.8) is 0 Å². The van der Waals surface area contributed by atoms with Gasteiger partial charge < -0.3 is 4.74 Å². The molecule has 0 aliphatic carbocycles. The van der Waals surface area contributed by atoms with Crippen molar-refractivity contribution in [2.24, 2.45) is 0 Å². The number of hydrogen-bond acceptors (Lipinski definition) is 6. The van der Waals surface area contributed by atoms with Gasteiger partial charge in [0.2, 0.25) is 5.91 Å². The first-order valence-electron chi connectivity index (χ1n) is 7.37. The number of rotatable bonds is 8. The topological polar surface area (TPSA) is 82.1 Å². The van der Waals surface area contributed by atoms with E-state index in [0.717, 1.165) is 4.67 Å². The fourth-order valence-corrected chi connectivity index (χ4v) is 3.66. The van der Waals surface area contributed by atoms with Crippen LogP contribution in [-0.4, -0.2) is 31.7 Å². The van der Waals surface area contributed by atoms with Gasteiger partial charge in [-0.05, 0) is 39.0 Å². The van der Waals surface area contributed by atoms with E-state index in [0.29, 0.717) is 0 Å². The molecule has 1 amide bonds. The third-order valence-electron chi connectivity index (χ3n) is 2.73. The molecule has 0 radical (unpaired) electrons. The van der Waals surface area contributed by atoms with E-state index in [9.17, 15) is 14.2 Å². The maximum absolute atomic E-state index is 12.9. The number of benzene rings is 1. The van der Waals surface area contributed by atoms with Crippen LogP contribution in [0.3, 0.4) is 0 Å². The lowest BCUT2D eigenvalue weighted by Gasteiger charge is -2.28. The number of hydrogen-bond donors (Lipinski definition) is 0. The molecular weight excluding hydrogens is 321 g/mol. The highest BCUT2D eigenvalue weighted by Gasteiger charge is 2.37. The minimum atomic E-state index is -3.84. The van der Waals surface area contributed by atoms with E-state index in [4.69, 9.17) is 13.8 Å². The number of carbonyl (C=O) groups excluding carboxylic acids is 2. The Hall–Kier alpha value is -1.69. The number of esters is 1. The van der Waals surface area contributed by atoms with Gasteiger partial charge in [-0.3, -0.25) is 13.8 Å². The van der Waals surface area contributed by atoms with Crippen molar-refractivity contribution in [1.29, 1.82) is 0 Å². The van der Waals surface area contributed by atoms with Gasteiger partial charge >= 0.3 is 13.7 Å². The zero-order valence-electron chi connectivity index (χ0n) is 13.8. The average molecular weight is 343 g/mol. The van der Waals surface area contributed by atoms with E-state index >= 15 is 0 Å². The molecule has 1 aromatic rings. The van der Waals surface area contributed by atoms with Gasteiger partial charge in [0.15, 0.2) is 0 Å². The van der Waals surface area contributed by atoms with Crippen molar-refractivity contribution in [3.05, 3.63) is 29.8 Å². The number of nitrogens with zero attached hydrogens (tertiary/aromatic N) is 1. The van der Waals surface area contributed by atoms with Crippen LogP contribution in [0, 0.1) is 0 Å². The quantitative estimate of drug-likeness (QED) is 0.531. The summed E-state index contributed by atoms with van der Waals surface area (Å²) in [5.41, 5.74) is 0.489. The lowest BCUT2D eigenvalue weighted by molar-refractivity contribution is -0.115. The molecule has 1 rings (SSSR count). The van der Waals surface area contributed by atoms with Gasteiger partial charge in [0, 0.05) is 6.92 Å². The highest BCUT2D eigenvalue weighted by molar-refractivity contribution is 7.56. The van der Waals surface area contributed by atoms with Gasteiger partial charge in [0.1, 0.15) is 0 Å². The summed E-state index contributed by atoms with van der Waals surface area (Å²) >= 11 is 0. The lowest BCUT2D eigenvalue weighted by Crippen LogP contribution is -2.28. The first kappa shape index (κ1) is 19.4. The predicted octanol–water partition coefficient (Wildman–Crippen LogP) is 3.40. The maximum Gasteiger partial charge on any atom is 0.442 e. The molecular formula is C15H22NO6P. The third kappa shape index (κ3) is 4.89. The van der Waals surface area contributed by atoms with Crippen LogP contribution in [0.5, 0.6) is 0 Å². The van der Waals surface area contributed by atoms with Crippen LogP contribution >= 0.6 is 7.75 Å². The molecule has 8 heteroatoms. The molecule has 0 aromatic heterocycles. The van der Waals surface area contributed by atoms with Crippen LogP contribution in [0.15, 0.2) is 24.3 Å². The third-order valence-corrected chi connectivity index (χ3v) is 4.90. The summed E-state index contributed by atoms with van der Waals surface area (Å²) in [7, 11) is -3.84. The fourth-order valence-electron chi connectivity index (χ4n) is 1.95. The van der Waals surface area contributed by atoms with Gasteiger partial charge in [0.05, 0.1) is 31.1 Å². The number of amides is 1. The van der Waals surface area contributed by atoms with E-state index in [-0.39, 0.29) is 31.1 Å². The average Bonchev–Trinajstić information content (AvgIpc) is 2.48. The Morgan fingerprint density at radius 1 is 1.09 bits per heavy atom. The number of ether oxygens (including phenoxy) is 1. The SMILES string of the molecule is CCOC(=O)c1cccc(N(C(C)=O)P(=O)(OCC)OCC)c1. The molecule has 0 saturated carbocycles. The van der Waals surface area contributed by atoms with Gasteiger partial charge in [-0.25, -0.2) is 14.0 Å². The Kier molecular flexibility index (Phi) is 7.42. The molecule has 0 spiro atoms. The van der Waals surface area contributed by atoms with E-state index in [1.165, 1.54) is 13.0 Å². The Bertz CT molecular complexity index is 593. The predicted molar refractivity (Wildman–Crippen MR) is 86.4 cm³/mol. The minimum absolute atomic E-state index is 0.110. The molecule has 0 bridgehead atoms. The summed E-state index contributed by atoms with van der Waals surface area (Å²) in [6, 6.07) is 6.09. The van der Waals surface area contributed by atoms with Crippen LogP contribution in [0.1, 0.15) is 38.1 Å². The van der Waals surface area contributed by atoms with E-state index in [1.54, 1.807) is 39.0 Å². The van der Waals surface area contributed by atoms with E-state index in [1.807, 2.05) is 0 Å². The normalized spacial score (nSPS) is 11.1. The Labute approximate surface area is 136 Å². The van der Waals surface area contributed by atoms with Crippen molar-refractivity contribution < 1.29 is 27.9 Å². The summed E-state index contributed by atoms with van der Waals surface area (Å²) < 4.78 is 29.2. The zero-order valence-corrected chi connectivity index (χ0v) is 14.7. The summed E-state index contributed by atoms with van der Waals surface area (Å²) in [6.07, 6.45) is 0. The van der Waals surface area contributed by atoms with Crippen molar-refractivity contribution in [3.8, 4) is 0 Å². The molecule has 0 atom stereocenters. The van der Waals surface area contributed by atoms with Gasteiger partial charge in [0.25, 0.3) is 0 Å². The van der Waals surface area contributed by atoms with Crippen LogP contribution in [0.2, 0.25) is 0 Å². The van der Waals surface area contributed by atoms with Crippen molar-refractivity contribution in [2.45, 2.75) is 27.7 Å². The zero-order chi connectivity index (χ0) is 17.5. The Morgan fingerprint density at radius 2 is 1.70 bits per heavy atom. The van der Waals surface area contributed by atoms with Crippen molar-refractivity contribution in [1.82, 2.24) is 0 Å². The fraction of sp³-hybridized carbons (Fsp3) is 0.467. The standard InChI is InChI=1S/C15H22NO6P/c1-5-20-15(18)13-9-8-10-14(11-13)16(12(4)17)23(19,21-6-2)22-7-3/h8-11H,5-7H2,1-4H3. The Balaban J connectivity index is 3.30. The molecule has 0 saturated heterocycles. The monoisotopic (exact) mass is 343 g/mol. The largest absolute Gasteiger partial charge is 0.462 e. The molecule has 0 heterocycles. The second-order valence-corrected chi connectivity index (χ2v) is 6.26. The van der Waals surface area contributed by atoms with Crippen LogP contribution in [-0.2, 0) is 23.1 Å². The van der Waals surface area contributed by atoms with Gasteiger partial charge in [-0.1, -0.05) is 6.07 Å². The minimum Gasteiger partial charge on any atom is -0.462 e. The van der Waals surface area contributed by atoms with Crippen molar-refractivity contribution >= 4 is 25.3 Å². The van der Waals surface area contributed by atoms with E-state index < -0.39 is 19.6 Å². The maximum atomic E-state index is 12.9. The molecule has 0 aliphatic heterocycles. The first-order chi connectivity index (χ1) is 10.9. The summed E-state index contributed by atoms with van der Waals surface area (Å²) in [5, 5.41) is 0. The first-order valence-corrected chi connectivity index (χ1v) is 8.86. The molecule has 0 fully saturated rings. The van der Waals surface area contributed by atoms with Gasteiger partial charge in [-0.15, -0.1) is 0 Å². The molecule has 0 N–H and O–H groups in total. The summed E-state index contributed by atoms with van der Waals surface area (Å²) in [6.45, 7) is 6.70. The lowest BCUT2D eigenvalue weighted by atomic mass is 10.2. The Morgan fingerprint density at radius 3 is 2.17 bits per heavy atom. The molecule has 1 aromatic carbocycles. The second kappa shape index (κ2) is 8.82.